The number of ketones is 1. The lowest BCUT2D eigenvalue weighted by molar-refractivity contribution is -0.0734. The topological polar surface area (TPSA) is 26.3 Å². The Kier molecular flexibility index (Phi) is 3.63. The maximum absolute atomic E-state index is 12.9. The standard InChI is InChI=1S/C15H17FO2S/c16-13-3-1-11(2-4-13)14(17)12-5-7-18-15(9-12)6-8-19-10-15/h1-4,12H,5-10H2. The third kappa shape index (κ3) is 2.70. The molecule has 2 aliphatic heterocycles. The molecule has 2 unspecified atom stereocenters. The van der Waals surface area contributed by atoms with Crippen molar-refractivity contribution in [1.82, 2.24) is 0 Å². The minimum absolute atomic E-state index is 0.0258. The van der Waals surface area contributed by atoms with Crippen molar-refractivity contribution >= 4 is 17.5 Å². The molecule has 102 valence electrons. The van der Waals surface area contributed by atoms with E-state index in [9.17, 15) is 9.18 Å². The highest BCUT2D eigenvalue weighted by Crippen LogP contribution is 2.41. The van der Waals surface area contributed by atoms with Crippen molar-refractivity contribution in [1.29, 1.82) is 0 Å². The molecule has 0 aliphatic carbocycles. The highest BCUT2D eigenvalue weighted by molar-refractivity contribution is 7.99. The smallest absolute Gasteiger partial charge is 0.166 e. The highest BCUT2D eigenvalue weighted by Gasteiger charge is 2.42. The minimum atomic E-state index is -0.299. The molecule has 2 atom stereocenters. The molecule has 3 rings (SSSR count). The third-order valence-electron chi connectivity index (χ3n) is 4.06. The average molecular weight is 280 g/mol. The van der Waals surface area contributed by atoms with Gasteiger partial charge in [0, 0.05) is 23.8 Å². The number of thioether (sulfide) groups is 1. The Labute approximate surface area is 116 Å². The van der Waals surface area contributed by atoms with E-state index in [1.807, 2.05) is 11.8 Å². The van der Waals surface area contributed by atoms with E-state index in [1.54, 1.807) is 12.1 Å². The lowest BCUT2D eigenvalue weighted by Gasteiger charge is -2.37. The van der Waals surface area contributed by atoms with Crippen LogP contribution in [0, 0.1) is 11.7 Å². The van der Waals surface area contributed by atoms with Gasteiger partial charge in [0.2, 0.25) is 0 Å². The van der Waals surface area contributed by atoms with E-state index in [-0.39, 0.29) is 23.1 Å². The summed E-state index contributed by atoms with van der Waals surface area (Å²) in [5.74, 6) is 1.99. The van der Waals surface area contributed by atoms with Crippen LogP contribution in [0.1, 0.15) is 29.6 Å². The van der Waals surface area contributed by atoms with Gasteiger partial charge in [-0.1, -0.05) is 0 Å². The molecule has 2 aliphatic rings. The van der Waals surface area contributed by atoms with Gasteiger partial charge in [-0.3, -0.25) is 4.79 Å². The summed E-state index contributed by atoms with van der Waals surface area (Å²) in [7, 11) is 0. The molecule has 2 saturated heterocycles. The van der Waals surface area contributed by atoms with Crippen LogP contribution in [-0.4, -0.2) is 29.5 Å². The normalized spacial score (nSPS) is 30.7. The quantitative estimate of drug-likeness (QED) is 0.777. The zero-order valence-electron chi connectivity index (χ0n) is 10.7. The summed E-state index contributed by atoms with van der Waals surface area (Å²) in [5.41, 5.74) is 0.539. The van der Waals surface area contributed by atoms with E-state index in [0.29, 0.717) is 12.2 Å². The second kappa shape index (κ2) is 5.25. The Hall–Kier alpha value is -0.870. The number of hydrogen-bond acceptors (Lipinski definition) is 3. The molecule has 2 nitrogen and oxygen atoms in total. The fourth-order valence-electron chi connectivity index (χ4n) is 2.96. The van der Waals surface area contributed by atoms with Crippen molar-refractivity contribution in [3.8, 4) is 0 Å². The summed E-state index contributed by atoms with van der Waals surface area (Å²) in [4.78, 5) is 12.5. The molecule has 0 radical (unpaired) electrons. The summed E-state index contributed by atoms with van der Waals surface area (Å²) >= 11 is 1.91. The van der Waals surface area contributed by atoms with Gasteiger partial charge in [-0.25, -0.2) is 4.39 Å². The maximum atomic E-state index is 12.9. The molecule has 2 heterocycles. The number of hydrogen-bond donors (Lipinski definition) is 0. The molecule has 1 aromatic rings. The van der Waals surface area contributed by atoms with Gasteiger partial charge < -0.3 is 4.74 Å². The van der Waals surface area contributed by atoms with Crippen molar-refractivity contribution in [2.45, 2.75) is 24.9 Å². The molecule has 1 spiro atoms. The summed E-state index contributed by atoms with van der Waals surface area (Å²) in [6, 6.07) is 5.88. The zero-order chi connectivity index (χ0) is 13.3. The molecular weight excluding hydrogens is 263 g/mol. The van der Waals surface area contributed by atoms with Crippen LogP contribution in [0.2, 0.25) is 0 Å². The number of rotatable bonds is 2. The Morgan fingerprint density at radius 2 is 2.16 bits per heavy atom. The van der Waals surface area contributed by atoms with Crippen molar-refractivity contribution in [2.24, 2.45) is 5.92 Å². The van der Waals surface area contributed by atoms with Crippen LogP contribution in [-0.2, 0) is 4.74 Å². The molecule has 0 saturated carbocycles. The Morgan fingerprint density at radius 3 is 2.84 bits per heavy atom. The van der Waals surface area contributed by atoms with Gasteiger partial charge in [0.05, 0.1) is 5.60 Å². The fourth-order valence-corrected chi connectivity index (χ4v) is 4.34. The summed E-state index contributed by atoms with van der Waals surface area (Å²) in [6.45, 7) is 0.665. The van der Waals surface area contributed by atoms with Gasteiger partial charge in [0.1, 0.15) is 5.82 Å². The lowest BCUT2D eigenvalue weighted by atomic mass is 9.81. The predicted octanol–water partition coefficient (Wildman–Crippen LogP) is 3.31. The zero-order valence-corrected chi connectivity index (χ0v) is 11.5. The number of carbonyl (C=O) groups is 1. The first kappa shape index (κ1) is 13.1. The number of benzene rings is 1. The first-order valence-electron chi connectivity index (χ1n) is 6.70. The molecular formula is C15H17FO2S. The number of halogens is 1. The van der Waals surface area contributed by atoms with Crippen LogP contribution in [0.4, 0.5) is 4.39 Å². The summed E-state index contributed by atoms with van der Waals surface area (Å²) in [6.07, 6.45) is 2.64. The second-order valence-electron chi connectivity index (χ2n) is 5.39. The summed E-state index contributed by atoms with van der Waals surface area (Å²) < 4.78 is 18.8. The molecule has 0 N–H and O–H groups in total. The molecule has 4 heteroatoms. The van der Waals surface area contributed by atoms with Crippen molar-refractivity contribution in [3.63, 3.8) is 0 Å². The molecule has 2 fully saturated rings. The first-order valence-corrected chi connectivity index (χ1v) is 7.86. The van der Waals surface area contributed by atoms with Crippen molar-refractivity contribution < 1.29 is 13.9 Å². The SMILES string of the molecule is O=C(c1ccc(F)cc1)C1CCOC2(CCSC2)C1. The van der Waals surface area contributed by atoms with Crippen LogP contribution >= 0.6 is 11.8 Å². The highest BCUT2D eigenvalue weighted by atomic mass is 32.2. The van der Waals surface area contributed by atoms with E-state index in [0.717, 1.165) is 30.8 Å². The third-order valence-corrected chi connectivity index (χ3v) is 5.28. The molecule has 0 bridgehead atoms. The first-order chi connectivity index (χ1) is 9.19. The predicted molar refractivity (Wildman–Crippen MR) is 74.1 cm³/mol. The fraction of sp³-hybridized carbons (Fsp3) is 0.533. The van der Waals surface area contributed by atoms with Gasteiger partial charge in [-0.15, -0.1) is 0 Å². The van der Waals surface area contributed by atoms with Crippen LogP contribution < -0.4 is 0 Å². The Bertz CT molecular complexity index is 466. The van der Waals surface area contributed by atoms with Gasteiger partial charge in [0.25, 0.3) is 0 Å². The van der Waals surface area contributed by atoms with E-state index < -0.39 is 0 Å². The average Bonchev–Trinajstić information content (AvgIpc) is 2.87. The molecule has 19 heavy (non-hydrogen) atoms. The van der Waals surface area contributed by atoms with Gasteiger partial charge in [-0.2, -0.15) is 11.8 Å². The van der Waals surface area contributed by atoms with Crippen molar-refractivity contribution in [2.75, 3.05) is 18.1 Å². The van der Waals surface area contributed by atoms with Gasteiger partial charge >= 0.3 is 0 Å². The maximum Gasteiger partial charge on any atom is 0.166 e. The molecule has 0 amide bonds. The number of ether oxygens (including phenoxy) is 1. The minimum Gasteiger partial charge on any atom is -0.374 e. The van der Waals surface area contributed by atoms with Crippen LogP contribution in [0.25, 0.3) is 0 Å². The largest absolute Gasteiger partial charge is 0.374 e. The number of Topliss-reactive ketones (excluding diaryl/α,β-unsaturated/α-hetero) is 1. The van der Waals surface area contributed by atoms with Crippen LogP contribution in [0.5, 0.6) is 0 Å². The van der Waals surface area contributed by atoms with Gasteiger partial charge in [-0.05, 0) is 49.3 Å². The summed E-state index contributed by atoms with van der Waals surface area (Å²) in [5, 5.41) is 0. The molecule has 0 aromatic heterocycles. The monoisotopic (exact) mass is 280 g/mol. The van der Waals surface area contributed by atoms with E-state index in [1.165, 1.54) is 12.1 Å². The lowest BCUT2D eigenvalue weighted by Crippen LogP contribution is -2.42. The van der Waals surface area contributed by atoms with Crippen LogP contribution in [0.15, 0.2) is 24.3 Å². The van der Waals surface area contributed by atoms with Crippen LogP contribution in [0.3, 0.4) is 0 Å². The molecule has 1 aromatic carbocycles. The number of carbonyl (C=O) groups excluding carboxylic acids is 1. The van der Waals surface area contributed by atoms with E-state index in [4.69, 9.17) is 4.74 Å². The van der Waals surface area contributed by atoms with E-state index in [2.05, 4.69) is 0 Å². The Balaban J connectivity index is 1.74. The van der Waals surface area contributed by atoms with Gasteiger partial charge in [0.15, 0.2) is 5.78 Å². The van der Waals surface area contributed by atoms with E-state index >= 15 is 0 Å². The second-order valence-corrected chi connectivity index (χ2v) is 6.50. The Morgan fingerprint density at radius 1 is 1.37 bits per heavy atom. The van der Waals surface area contributed by atoms with Crippen molar-refractivity contribution in [3.05, 3.63) is 35.6 Å².